The van der Waals surface area contributed by atoms with Gasteiger partial charge in [-0.3, -0.25) is 4.79 Å². The first-order chi connectivity index (χ1) is 22.6. The van der Waals surface area contributed by atoms with Crippen LogP contribution < -0.4 is 14.4 Å². The highest BCUT2D eigenvalue weighted by atomic mass is 35.5. The average molecular weight is 683 g/mol. The van der Waals surface area contributed by atoms with E-state index in [1.54, 1.807) is 12.1 Å². The fourth-order valence-electron chi connectivity index (χ4n) is 8.78. The van der Waals surface area contributed by atoms with Crippen LogP contribution in [0.1, 0.15) is 79.8 Å². The van der Waals surface area contributed by atoms with Crippen molar-refractivity contribution in [2.45, 2.75) is 81.5 Å². The summed E-state index contributed by atoms with van der Waals surface area (Å²) >= 11 is 6.42. The molecule has 3 heterocycles. The number of amides is 1. The van der Waals surface area contributed by atoms with Gasteiger partial charge < -0.3 is 19.5 Å². The Morgan fingerprint density at radius 3 is 2.72 bits per heavy atom. The molecule has 6 atom stereocenters. The molecule has 5 aliphatic rings. The average Bonchev–Trinajstić information content (AvgIpc) is 3.18. The molecule has 1 saturated heterocycles. The lowest BCUT2D eigenvalue weighted by atomic mass is 9.68. The summed E-state index contributed by atoms with van der Waals surface area (Å²) < 4.78 is 42.5. The molecule has 2 bridgehead atoms. The van der Waals surface area contributed by atoms with Crippen LogP contribution in [0.4, 0.5) is 5.69 Å². The summed E-state index contributed by atoms with van der Waals surface area (Å²) in [5.74, 6) is 0.431. The minimum atomic E-state index is -4.01. The van der Waals surface area contributed by atoms with E-state index in [0.29, 0.717) is 57.1 Å². The van der Waals surface area contributed by atoms with Crippen molar-refractivity contribution in [3.8, 4) is 5.75 Å². The largest absolute Gasteiger partial charge is 0.490 e. The van der Waals surface area contributed by atoms with Crippen molar-refractivity contribution in [1.29, 1.82) is 0 Å². The SMILES string of the molecule is C[C@@H]1C/C=C\[C@H](O)[C@@H]2CC[C@H]2CN2C[C@@]3(CCCc4cc(Cl)ccc43)COc3ccc(cc32)C(=O)NS(=O)(=O)[C@H]1CC1CCOCC1. The number of ether oxygens (including phenoxy) is 2. The molecule has 2 fully saturated rings. The molecule has 254 valence electrons. The molecule has 0 radical (unpaired) electrons. The molecule has 7 rings (SSSR count). The first-order valence-electron chi connectivity index (χ1n) is 17.4. The van der Waals surface area contributed by atoms with E-state index in [9.17, 15) is 18.3 Å². The lowest BCUT2D eigenvalue weighted by molar-refractivity contribution is 0.0455. The molecular formula is C37H47ClN2O6S. The van der Waals surface area contributed by atoms with Gasteiger partial charge in [0.25, 0.3) is 5.91 Å². The molecule has 47 heavy (non-hydrogen) atoms. The van der Waals surface area contributed by atoms with Crippen LogP contribution in [0.3, 0.4) is 0 Å². The van der Waals surface area contributed by atoms with E-state index >= 15 is 0 Å². The number of rotatable bonds is 2. The summed E-state index contributed by atoms with van der Waals surface area (Å²) in [7, 11) is -4.01. The minimum Gasteiger partial charge on any atom is -0.490 e. The van der Waals surface area contributed by atoms with Gasteiger partial charge in [-0.25, -0.2) is 13.1 Å². The van der Waals surface area contributed by atoms with Gasteiger partial charge in [0.1, 0.15) is 5.75 Å². The second-order valence-corrected chi connectivity index (χ2v) is 17.1. The molecule has 3 aliphatic heterocycles. The topological polar surface area (TPSA) is 105 Å². The van der Waals surface area contributed by atoms with Crippen molar-refractivity contribution in [1.82, 2.24) is 4.72 Å². The number of nitrogens with one attached hydrogen (secondary N) is 1. The number of carbonyl (C=O) groups excluding carboxylic acids is 1. The Bertz CT molecular complexity index is 1620. The van der Waals surface area contributed by atoms with Crippen molar-refractivity contribution < 1.29 is 27.8 Å². The van der Waals surface area contributed by atoms with Crippen molar-refractivity contribution in [2.75, 3.05) is 37.8 Å². The smallest absolute Gasteiger partial charge is 0.264 e. The lowest BCUT2D eigenvalue weighted by Gasteiger charge is -2.45. The number of halogens is 1. The molecule has 1 spiro atoms. The van der Waals surface area contributed by atoms with Gasteiger partial charge >= 0.3 is 0 Å². The summed E-state index contributed by atoms with van der Waals surface area (Å²) in [6.45, 7) is 5.09. The number of benzene rings is 2. The highest BCUT2D eigenvalue weighted by Crippen LogP contribution is 2.47. The fraction of sp³-hybridized carbons (Fsp3) is 0.595. The number of aliphatic hydroxyl groups is 1. The Kier molecular flexibility index (Phi) is 9.37. The minimum absolute atomic E-state index is 0.115. The van der Waals surface area contributed by atoms with E-state index in [4.69, 9.17) is 21.1 Å². The number of hydrogen-bond acceptors (Lipinski definition) is 7. The third-order valence-corrected chi connectivity index (χ3v) is 13.8. The molecule has 10 heteroatoms. The second kappa shape index (κ2) is 13.4. The van der Waals surface area contributed by atoms with Crippen molar-refractivity contribution in [2.24, 2.45) is 23.7 Å². The summed E-state index contributed by atoms with van der Waals surface area (Å²) in [4.78, 5) is 16.1. The number of anilines is 1. The van der Waals surface area contributed by atoms with Crippen LogP contribution >= 0.6 is 11.6 Å². The molecule has 1 amide bonds. The van der Waals surface area contributed by atoms with E-state index < -0.39 is 27.3 Å². The number of sulfonamides is 1. The molecule has 2 aliphatic carbocycles. The third-order valence-electron chi connectivity index (χ3n) is 11.7. The zero-order valence-electron chi connectivity index (χ0n) is 27.2. The monoisotopic (exact) mass is 682 g/mol. The molecule has 2 N–H and O–H groups in total. The summed E-state index contributed by atoms with van der Waals surface area (Å²) in [6, 6.07) is 11.5. The first-order valence-corrected chi connectivity index (χ1v) is 19.3. The maximum atomic E-state index is 14.0. The summed E-state index contributed by atoms with van der Waals surface area (Å²) in [5.41, 5.74) is 3.33. The molecule has 1 saturated carbocycles. The van der Waals surface area contributed by atoms with Gasteiger partial charge in [0, 0.05) is 42.3 Å². The molecule has 0 unspecified atom stereocenters. The number of carbonyl (C=O) groups is 1. The predicted molar refractivity (Wildman–Crippen MR) is 184 cm³/mol. The summed E-state index contributed by atoms with van der Waals surface area (Å²) in [5, 5.41) is 11.3. The highest BCUT2D eigenvalue weighted by Gasteiger charge is 2.44. The highest BCUT2D eigenvalue weighted by molar-refractivity contribution is 7.90. The van der Waals surface area contributed by atoms with E-state index in [1.165, 1.54) is 11.1 Å². The number of aliphatic hydroxyl groups excluding tert-OH is 1. The normalized spacial score (nSPS) is 33.4. The third kappa shape index (κ3) is 6.70. The van der Waals surface area contributed by atoms with Gasteiger partial charge in [0.2, 0.25) is 10.0 Å². The van der Waals surface area contributed by atoms with Crippen molar-refractivity contribution in [3.63, 3.8) is 0 Å². The number of aryl methyl sites for hydroxylation is 1. The van der Waals surface area contributed by atoms with E-state index in [2.05, 4.69) is 21.8 Å². The second-order valence-electron chi connectivity index (χ2n) is 14.7. The number of fused-ring (bicyclic) bond motifs is 4. The van der Waals surface area contributed by atoms with Crippen molar-refractivity contribution in [3.05, 3.63) is 70.3 Å². The zero-order valence-corrected chi connectivity index (χ0v) is 28.8. The number of hydrogen-bond donors (Lipinski definition) is 2. The van der Waals surface area contributed by atoms with Crippen LogP contribution in [0.5, 0.6) is 5.75 Å². The van der Waals surface area contributed by atoms with Crippen LogP contribution in [-0.4, -0.2) is 63.7 Å². The molecule has 2 aromatic rings. The Morgan fingerprint density at radius 2 is 1.94 bits per heavy atom. The standard InChI is InChI=1S/C37H47ClN2O6S/c1-24-4-2-6-33(41)30-10-7-28(30)21-40-22-37(15-3-5-26-19-29(38)9-11-31(26)37)23-46-34-12-8-27(20-32(34)40)36(42)39-47(43,44)35(24)18-25-13-16-45-17-14-25/h2,6,8-9,11-12,19-20,24-25,28,30,33,35,41H,3-5,7,10,13-18,21-23H2,1H3,(H,39,42)/b6-2-/t24-,28+,30-,33+,35+,37+/m1/s1. The number of allylic oxidation sites excluding steroid dienone is 1. The fourth-order valence-corrected chi connectivity index (χ4v) is 10.7. The van der Waals surface area contributed by atoms with Gasteiger partial charge in [-0.05, 0) is 123 Å². The van der Waals surface area contributed by atoms with E-state index in [1.807, 2.05) is 31.2 Å². The van der Waals surface area contributed by atoms with Gasteiger partial charge in [-0.15, -0.1) is 0 Å². The Labute approximate surface area is 283 Å². The first kappa shape index (κ1) is 32.9. The summed E-state index contributed by atoms with van der Waals surface area (Å²) in [6.07, 6.45) is 10.7. The molecule has 2 aromatic carbocycles. The predicted octanol–water partition coefficient (Wildman–Crippen LogP) is 6.04. The Morgan fingerprint density at radius 1 is 1.11 bits per heavy atom. The Hall–Kier alpha value is -2.59. The maximum Gasteiger partial charge on any atom is 0.264 e. The van der Waals surface area contributed by atoms with Gasteiger partial charge in [0.15, 0.2) is 0 Å². The van der Waals surface area contributed by atoms with E-state index in [-0.39, 0.29) is 29.1 Å². The van der Waals surface area contributed by atoms with Crippen LogP contribution in [0, 0.1) is 23.7 Å². The van der Waals surface area contributed by atoms with Gasteiger partial charge in [-0.1, -0.05) is 36.7 Å². The molecular weight excluding hydrogens is 636 g/mol. The van der Waals surface area contributed by atoms with Crippen LogP contribution in [0.15, 0.2) is 48.6 Å². The maximum absolute atomic E-state index is 14.0. The van der Waals surface area contributed by atoms with Gasteiger partial charge in [-0.2, -0.15) is 0 Å². The quantitative estimate of drug-likeness (QED) is 0.372. The van der Waals surface area contributed by atoms with Crippen LogP contribution in [0.25, 0.3) is 0 Å². The van der Waals surface area contributed by atoms with Crippen LogP contribution in [-0.2, 0) is 26.6 Å². The van der Waals surface area contributed by atoms with Crippen LogP contribution in [0.2, 0.25) is 5.02 Å². The molecule has 0 aromatic heterocycles. The Balaban J connectivity index is 1.26. The lowest BCUT2D eigenvalue weighted by Crippen LogP contribution is -2.49. The van der Waals surface area contributed by atoms with Gasteiger partial charge in [0.05, 0.1) is 23.6 Å². The molecule has 8 nitrogen and oxygen atoms in total. The van der Waals surface area contributed by atoms with Crippen molar-refractivity contribution >= 4 is 33.2 Å². The zero-order chi connectivity index (χ0) is 32.8. The van der Waals surface area contributed by atoms with E-state index in [0.717, 1.165) is 55.7 Å². The number of nitrogens with zero attached hydrogens (tertiary/aromatic N) is 1.